The van der Waals surface area contributed by atoms with Crippen molar-refractivity contribution in [2.24, 2.45) is 0 Å². The van der Waals surface area contributed by atoms with Gasteiger partial charge in [0.2, 0.25) is 0 Å². The Morgan fingerprint density at radius 3 is 0.893 bits per heavy atom. The number of hydrogen-bond donors (Lipinski definition) is 0. The molecule has 28 heavy (non-hydrogen) atoms. The van der Waals surface area contributed by atoms with Gasteiger partial charge < -0.3 is 0 Å². The molecule has 0 radical (unpaired) electrons. The van der Waals surface area contributed by atoms with Crippen LogP contribution in [0.1, 0.15) is 0 Å². The van der Waals surface area contributed by atoms with Crippen molar-refractivity contribution in [3.05, 3.63) is 107 Å². The normalized spacial score (nSPS) is 10.8. The Hall–Kier alpha value is -1.84. The smallest absolute Gasteiger partial charge is 0.0406 e. The van der Waals surface area contributed by atoms with Gasteiger partial charge in [0.1, 0.15) is 0 Å². The molecule has 0 aliphatic carbocycles. The maximum absolute atomic E-state index is 5.95. The summed E-state index contributed by atoms with van der Waals surface area (Å²) < 4.78 is 0. The van der Waals surface area contributed by atoms with E-state index in [0.29, 0.717) is 0 Å². The summed E-state index contributed by atoms with van der Waals surface area (Å²) in [6.45, 7) is 0. The quantitative estimate of drug-likeness (QED) is 0.304. The van der Waals surface area contributed by atoms with Crippen LogP contribution in [0.3, 0.4) is 0 Å². The monoisotopic (exact) mass is 438 g/mol. The maximum Gasteiger partial charge on any atom is 0.0406 e. The van der Waals surface area contributed by atoms with Gasteiger partial charge in [0.15, 0.2) is 0 Å². The van der Waals surface area contributed by atoms with Crippen LogP contribution < -0.4 is 0 Å². The van der Waals surface area contributed by atoms with E-state index in [4.69, 9.17) is 23.2 Å². The van der Waals surface area contributed by atoms with Gasteiger partial charge in [-0.15, -0.1) is 0 Å². The largest absolute Gasteiger partial charge is 0.0901 e. The molecule has 0 fully saturated rings. The van der Waals surface area contributed by atoms with Crippen molar-refractivity contribution in [1.82, 2.24) is 0 Å². The summed E-state index contributed by atoms with van der Waals surface area (Å²) in [5.41, 5.74) is 2.42. The average Bonchev–Trinajstić information content (AvgIpc) is 2.73. The minimum atomic E-state index is 0.761. The van der Waals surface area contributed by atoms with E-state index in [1.54, 1.807) is 23.5 Å². The molecule has 0 nitrogen and oxygen atoms in total. The molecule has 0 N–H and O–H groups in total. The van der Waals surface area contributed by atoms with Crippen molar-refractivity contribution in [2.45, 2.75) is 19.6 Å². The summed E-state index contributed by atoms with van der Waals surface area (Å²) in [5, 5.41) is 1.52. The highest BCUT2D eigenvalue weighted by atomic mass is 35.5. The van der Waals surface area contributed by atoms with Crippen LogP contribution in [0.5, 0.6) is 0 Å². The van der Waals surface area contributed by atoms with Crippen molar-refractivity contribution in [2.75, 3.05) is 0 Å². The first-order chi connectivity index (χ1) is 13.7. The highest BCUT2D eigenvalue weighted by Gasteiger charge is 2.02. The Balaban J connectivity index is 1.43. The predicted molar refractivity (Wildman–Crippen MR) is 123 cm³/mol. The molecule has 0 saturated heterocycles. The molecule has 0 atom stereocenters. The molecule has 0 heterocycles. The fourth-order valence-corrected chi connectivity index (χ4v) is 4.59. The SMILES string of the molecule is Clc1ccc(Sc2ccc(-c3ccc(Sc4ccc(Cl)cc4)cc3)cc2)cc1. The van der Waals surface area contributed by atoms with Gasteiger partial charge in [0.25, 0.3) is 0 Å². The van der Waals surface area contributed by atoms with Gasteiger partial charge in [0.05, 0.1) is 0 Å². The zero-order chi connectivity index (χ0) is 19.3. The molecule has 0 unspecified atom stereocenters. The van der Waals surface area contributed by atoms with Crippen LogP contribution in [0, 0.1) is 0 Å². The lowest BCUT2D eigenvalue weighted by molar-refractivity contribution is 1.39. The molecule has 4 heteroatoms. The number of halogens is 2. The molecular formula is C24H16Cl2S2. The Kier molecular flexibility index (Phi) is 6.33. The predicted octanol–water partition coefficient (Wildman–Crippen LogP) is 8.96. The van der Waals surface area contributed by atoms with Crippen molar-refractivity contribution < 1.29 is 0 Å². The molecule has 0 aromatic heterocycles. The molecule has 0 saturated carbocycles. The molecule has 4 aromatic carbocycles. The maximum atomic E-state index is 5.95. The first-order valence-electron chi connectivity index (χ1n) is 8.73. The summed E-state index contributed by atoms with van der Waals surface area (Å²) in [7, 11) is 0. The Morgan fingerprint density at radius 1 is 0.357 bits per heavy atom. The highest BCUT2D eigenvalue weighted by Crippen LogP contribution is 2.32. The molecular weight excluding hydrogens is 423 g/mol. The van der Waals surface area contributed by atoms with Crippen molar-refractivity contribution in [3.63, 3.8) is 0 Å². The van der Waals surface area contributed by atoms with Gasteiger partial charge in [-0.25, -0.2) is 0 Å². The third-order valence-corrected chi connectivity index (χ3v) is 6.68. The van der Waals surface area contributed by atoms with E-state index >= 15 is 0 Å². The van der Waals surface area contributed by atoms with Crippen LogP contribution in [0.4, 0.5) is 0 Å². The van der Waals surface area contributed by atoms with E-state index in [2.05, 4.69) is 48.5 Å². The summed E-state index contributed by atoms with van der Waals surface area (Å²) in [4.78, 5) is 4.78. The first-order valence-corrected chi connectivity index (χ1v) is 11.1. The Bertz CT molecular complexity index is 951. The second-order valence-electron chi connectivity index (χ2n) is 6.16. The van der Waals surface area contributed by atoms with Crippen LogP contribution >= 0.6 is 46.7 Å². The van der Waals surface area contributed by atoms with E-state index in [-0.39, 0.29) is 0 Å². The zero-order valence-corrected chi connectivity index (χ0v) is 18.0. The minimum absolute atomic E-state index is 0.761. The molecule has 0 amide bonds. The van der Waals surface area contributed by atoms with Gasteiger partial charge in [-0.2, -0.15) is 0 Å². The van der Waals surface area contributed by atoms with Crippen molar-refractivity contribution in [3.8, 4) is 11.1 Å². The van der Waals surface area contributed by atoms with E-state index in [9.17, 15) is 0 Å². The minimum Gasteiger partial charge on any atom is -0.0901 e. The van der Waals surface area contributed by atoms with E-state index < -0.39 is 0 Å². The van der Waals surface area contributed by atoms with Crippen LogP contribution in [-0.4, -0.2) is 0 Å². The summed E-state index contributed by atoms with van der Waals surface area (Å²) in [5.74, 6) is 0. The number of hydrogen-bond acceptors (Lipinski definition) is 2. The molecule has 0 bridgehead atoms. The van der Waals surface area contributed by atoms with Crippen molar-refractivity contribution >= 4 is 46.7 Å². The van der Waals surface area contributed by atoms with Crippen LogP contribution in [-0.2, 0) is 0 Å². The van der Waals surface area contributed by atoms with E-state index in [1.165, 1.54) is 30.7 Å². The summed E-state index contributed by atoms with van der Waals surface area (Å²) >= 11 is 15.4. The fourth-order valence-electron chi connectivity index (χ4n) is 2.71. The lowest BCUT2D eigenvalue weighted by atomic mass is 10.1. The van der Waals surface area contributed by atoms with Gasteiger partial charge in [-0.05, 0) is 83.9 Å². The topological polar surface area (TPSA) is 0 Å². The second-order valence-corrected chi connectivity index (χ2v) is 9.33. The number of rotatable bonds is 5. The van der Waals surface area contributed by atoms with Crippen LogP contribution in [0.2, 0.25) is 10.0 Å². The van der Waals surface area contributed by atoms with Crippen LogP contribution in [0.15, 0.2) is 117 Å². The third-order valence-electron chi connectivity index (χ3n) is 4.14. The average molecular weight is 439 g/mol. The standard InChI is InChI=1S/C24H16Cl2S2/c25-19-5-13-23(14-6-19)27-21-9-1-17(2-10-21)18-3-11-22(12-4-18)28-24-15-7-20(26)8-16-24/h1-16H. The first kappa shape index (κ1) is 19.5. The summed E-state index contributed by atoms with van der Waals surface area (Å²) in [6.07, 6.45) is 0. The Labute approximate surface area is 183 Å². The van der Waals surface area contributed by atoms with Crippen molar-refractivity contribution in [1.29, 1.82) is 0 Å². The van der Waals surface area contributed by atoms with Gasteiger partial charge in [0, 0.05) is 29.6 Å². The molecule has 4 aromatic rings. The second kappa shape index (κ2) is 9.11. The summed E-state index contributed by atoms with van der Waals surface area (Å²) in [6, 6.07) is 33.1. The lowest BCUT2D eigenvalue weighted by Gasteiger charge is -2.07. The lowest BCUT2D eigenvalue weighted by Crippen LogP contribution is -1.80. The molecule has 0 aliphatic rings. The molecule has 4 rings (SSSR count). The van der Waals surface area contributed by atoms with Crippen LogP contribution in [0.25, 0.3) is 11.1 Å². The van der Waals surface area contributed by atoms with E-state index in [1.807, 2.05) is 48.5 Å². The van der Waals surface area contributed by atoms with Gasteiger partial charge in [-0.1, -0.05) is 71.0 Å². The fraction of sp³-hybridized carbons (Fsp3) is 0. The van der Waals surface area contributed by atoms with E-state index in [0.717, 1.165) is 10.0 Å². The zero-order valence-electron chi connectivity index (χ0n) is 14.8. The highest BCUT2D eigenvalue weighted by molar-refractivity contribution is 7.99. The molecule has 0 aliphatic heterocycles. The Morgan fingerprint density at radius 2 is 0.607 bits per heavy atom. The molecule has 138 valence electrons. The third kappa shape index (κ3) is 5.15. The molecule has 0 spiro atoms. The van der Waals surface area contributed by atoms with Gasteiger partial charge in [-0.3, -0.25) is 0 Å². The van der Waals surface area contributed by atoms with Gasteiger partial charge >= 0.3 is 0 Å². The number of benzene rings is 4.